The zero-order valence-corrected chi connectivity index (χ0v) is 13.7. The van der Waals surface area contributed by atoms with Gasteiger partial charge in [-0.2, -0.15) is 0 Å². The van der Waals surface area contributed by atoms with Crippen molar-refractivity contribution < 1.29 is 4.79 Å². The highest BCUT2D eigenvalue weighted by molar-refractivity contribution is 5.86. The van der Waals surface area contributed by atoms with Crippen LogP contribution in [0.25, 0.3) is 0 Å². The Bertz CT molecular complexity index is 399. The third kappa shape index (κ3) is 2.98. The van der Waals surface area contributed by atoms with Gasteiger partial charge in [0.1, 0.15) is 0 Å². The van der Waals surface area contributed by atoms with Crippen LogP contribution in [0.15, 0.2) is 0 Å². The Morgan fingerprint density at radius 3 is 2.71 bits per heavy atom. The first-order valence-electron chi connectivity index (χ1n) is 8.83. The number of rotatable bonds is 1. The second-order valence-electron chi connectivity index (χ2n) is 7.81. The van der Waals surface area contributed by atoms with Gasteiger partial charge in [-0.05, 0) is 45.1 Å². The molecule has 1 amide bonds. The quantitative estimate of drug-likeness (QED) is 0.804. The lowest BCUT2D eigenvalue weighted by Crippen LogP contribution is -2.66. The fourth-order valence-corrected chi connectivity index (χ4v) is 4.71. The maximum Gasteiger partial charge on any atom is 0.243 e. The van der Waals surface area contributed by atoms with Gasteiger partial charge in [-0.25, -0.2) is 0 Å². The van der Waals surface area contributed by atoms with E-state index < -0.39 is 5.54 Å². The monoisotopic (exact) mass is 293 g/mol. The molecule has 0 aromatic carbocycles. The summed E-state index contributed by atoms with van der Waals surface area (Å²) < 4.78 is 0. The summed E-state index contributed by atoms with van der Waals surface area (Å²) in [5, 5.41) is 0. The molecule has 0 bridgehead atoms. The van der Waals surface area contributed by atoms with Gasteiger partial charge in [-0.15, -0.1) is 0 Å². The van der Waals surface area contributed by atoms with Crippen molar-refractivity contribution in [2.75, 3.05) is 19.6 Å². The molecule has 0 spiro atoms. The molecule has 1 saturated carbocycles. The number of fused-ring (bicyclic) bond motifs is 1. The Morgan fingerprint density at radius 1 is 1.14 bits per heavy atom. The molecular formula is C17H31N3O. The minimum absolute atomic E-state index is 0.228. The Hall–Kier alpha value is -0.610. The predicted octanol–water partition coefficient (Wildman–Crippen LogP) is 1.98. The molecule has 0 radical (unpaired) electrons. The lowest BCUT2D eigenvalue weighted by atomic mass is 9.76. The van der Waals surface area contributed by atoms with Gasteiger partial charge in [0, 0.05) is 25.2 Å². The van der Waals surface area contributed by atoms with Crippen LogP contribution in [0.1, 0.15) is 58.8 Å². The fourth-order valence-electron chi connectivity index (χ4n) is 4.71. The van der Waals surface area contributed by atoms with Crippen LogP contribution >= 0.6 is 0 Å². The van der Waals surface area contributed by atoms with E-state index in [0.717, 1.165) is 32.4 Å². The number of piperazine rings is 1. The molecule has 4 nitrogen and oxygen atoms in total. The number of piperidine rings is 1. The van der Waals surface area contributed by atoms with E-state index >= 15 is 0 Å². The van der Waals surface area contributed by atoms with Crippen LogP contribution in [-0.2, 0) is 4.79 Å². The van der Waals surface area contributed by atoms with Crippen molar-refractivity contribution in [3.05, 3.63) is 0 Å². The van der Waals surface area contributed by atoms with Crippen LogP contribution in [-0.4, -0.2) is 53.0 Å². The molecule has 3 aliphatic rings. The number of hydrogen-bond donors (Lipinski definition) is 1. The summed E-state index contributed by atoms with van der Waals surface area (Å²) in [5.41, 5.74) is 5.95. The molecule has 0 aromatic heterocycles. The zero-order chi connectivity index (χ0) is 15.0. The van der Waals surface area contributed by atoms with Crippen molar-refractivity contribution >= 4 is 5.91 Å². The Balaban J connectivity index is 1.71. The van der Waals surface area contributed by atoms with Gasteiger partial charge in [0.05, 0.1) is 5.54 Å². The summed E-state index contributed by atoms with van der Waals surface area (Å²) in [6.45, 7) is 7.56. The minimum atomic E-state index is -0.594. The zero-order valence-electron chi connectivity index (χ0n) is 13.7. The van der Waals surface area contributed by atoms with Crippen molar-refractivity contribution in [2.45, 2.75) is 76.4 Å². The Kier molecular flexibility index (Phi) is 4.28. The summed E-state index contributed by atoms with van der Waals surface area (Å²) in [4.78, 5) is 17.8. The van der Waals surface area contributed by atoms with Crippen LogP contribution in [0.4, 0.5) is 0 Å². The molecule has 21 heavy (non-hydrogen) atoms. The Labute approximate surface area is 129 Å². The third-order valence-corrected chi connectivity index (χ3v) is 5.91. The van der Waals surface area contributed by atoms with Crippen molar-refractivity contribution in [3.63, 3.8) is 0 Å². The van der Waals surface area contributed by atoms with Crippen molar-refractivity contribution in [1.82, 2.24) is 9.80 Å². The number of hydrogen-bond acceptors (Lipinski definition) is 3. The topological polar surface area (TPSA) is 49.6 Å². The standard InChI is InChI=1S/C17H31N3O/c1-13-6-5-8-17(18,10-13)16(21)20-12-15-7-3-4-9-19(15)11-14(20)2/h13-15H,3-12,18H2,1-2H3. The maximum absolute atomic E-state index is 13.1. The van der Waals surface area contributed by atoms with Gasteiger partial charge in [0.15, 0.2) is 0 Å². The number of carbonyl (C=O) groups excluding carboxylic acids is 1. The highest BCUT2D eigenvalue weighted by Crippen LogP contribution is 2.34. The molecule has 3 rings (SSSR count). The Morgan fingerprint density at radius 2 is 1.95 bits per heavy atom. The number of amides is 1. The first-order chi connectivity index (χ1) is 9.99. The van der Waals surface area contributed by atoms with Crippen LogP contribution in [0.3, 0.4) is 0 Å². The van der Waals surface area contributed by atoms with E-state index in [2.05, 4.69) is 23.6 Å². The van der Waals surface area contributed by atoms with Gasteiger partial charge >= 0.3 is 0 Å². The first kappa shape index (κ1) is 15.3. The van der Waals surface area contributed by atoms with Gasteiger partial charge in [-0.3, -0.25) is 9.69 Å². The SMILES string of the molecule is CC1CCCC(N)(C(=O)N2CC3CCCCN3CC2C)C1. The molecule has 2 N–H and O–H groups in total. The molecule has 120 valence electrons. The third-order valence-electron chi connectivity index (χ3n) is 5.91. The van der Waals surface area contributed by atoms with E-state index in [1.165, 1.54) is 32.2 Å². The fraction of sp³-hybridized carbons (Fsp3) is 0.941. The van der Waals surface area contributed by atoms with E-state index in [1.54, 1.807) is 0 Å². The predicted molar refractivity (Wildman–Crippen MR) is 84.9 cm³/mol. The largest absolute Gasteiger partial charge is 0.336 e. The summed E-state index contributed by atoms with van der Waals surface area (Å²) in [6, 6.07) is 0.882. The molecule has 2 saturated heterocycles. The molecule has 2 heterocycles. The number of carbonyl (C=O) groups is 1. The average Bonchev–Trinajstić information content (AvgIpc) is 2.45. The number of nitrogens with zero attached hydrogens (tertiary/aromatic N) is 2. The van der Waals surface area contributed by atoms with Gasteiger partial charge < -0.3 is 10.6 Å². The van der Waals surface area contributed by atoms with E-state index in [9.17, 15) is 4.79 Å². The minimum Gasteiger partial charge on any atom is -0.336 e. The van der Waals surface area contributed by atoms with Crippen molar-refractivity contribution in [3.8, 4) is 0 Å². The summed E-state index contributed by atoms with van der Waals surface area (Å²) in [6.07, 6.45) is 7.92. The van der Waals surface area contributed by atoms with Gasteiger partial charge in [0.25, 0.3) is 0 Å². The molecule has 2 aliphatic heterocycles. The van der Waals surface area contributed by atoms with Crippen LogP contribution in [0.2, 0.25) is 0 Å². The van der Waals surface area contributed by atoms with Crippen molar-refractivity contribution in [2.24, 2.45) is 11.7 Å². The van der Waals surface area contributed by atoms with E-state index in [0.29, 0.717) is 18.0 Å². The first-order valence-corrected chi connectivity index (χ1v) is 8.83. The number of nitrogens with two attached hydrogens (primary N) is 1. The smallest absolute Gasteiger partial charge is 0.243 e. The lowest BCUT2D eigenvalue weighted by Gasteiger charge is -2.50. The maximum atomic E-state index is 13.1. The molecule has 4 heteroatoms. The molecule has 4 atom stereocenters. The molecule has 4 unspecified atom stereocenters. The average molecular weight is 293 g/mol. The highest BCUT2D eigenvalue weighted by Gasteiger charge is 2.44. The lowest BCUT2D eigenvalue weighted by molar-refractivity contribution is -0.145. The second-order valence-corrected chi connectivity index (χ2v) is 7.81. The van der Waals surface area contributed by atoms with Gasteiger partial charge in [-0.1, -0.05) is 26.2 Å². The van der Waals surface area contributed by atoms with E-state index in [-0.39, 0.29) is 5.91 Å². The molecule has 1 aliphatic carbocycles. The molecular weight excluding hydrogens is 262 g/mol. The van der Waals surface area contributed by atoms with Crippen LogP contribution in [0.5, 0.6) is 0 Å². The van der Waals surface area contributed by atoms with Crippen molar-refractivity contribution in [1.29, 1.82) is 0 Å². The highest BCUT2D eigenvalue weighted by atomic mass is 16.2. The van der Waals surface area contributed by atoms with Gasteiger partial charge in [0.2, 0.25) is 5.91 Å². The van der Waals surface area contributed by atoms with E-state index in [4.69, 9.17) is 5.73 Å². The molecule has 0 aromatic rings. The normalized spacial score (nSPS) is 41.7. The second kappa shape index (κ2) is 5.88. The van der Waals surface area contributed by atoms with E-state index in [1.807, 2.05) is 0 Å². The summed E-state index contributed by atoms with van der Waals surface area (Å²) in [7, 11) is 0. The summed E-state index contributed by atoms with van der Waals surface area (Å²) in [5.74, 6) is 0.811. The summed E-state index contributed by atoms with van der Waals surface area (Å²) >= 11 is 0. The molecule has 3 fully saturated rings. The van der Waals surface area contributed by atoms with Crippen LogP contribution < -0.4 is 5.73 Å². The van der Waals surface area contributed by atoms with Crippen LogP contribution in [0, 0.1) is 5.92 Å².